The van der Waals surface area contributed by atoms with Gasteiger partial charge in [-0.05, 0) is 47.0 Å². The van der Waals surface area contributed by atoms with Crippen LogP contribution >= 0.6 is 0 Å². The van der Waals surface area contributed by atoms with Gasteiger partial charge in [0.25, 0.3) is 0 Å². The summed E-state index contributed by atoms with van der Waals surface area (Å²) in [5.41, 5.74) is -2.01. The predicted octanol–water partition coefficient (Wildman–Crippen LogP) is 2.44. The van der Waals surface area contributed by atoms with Crippen molar-refractivity contribution in [2.24, 2.45) is 11.8 Å². The van der Waals surface area contributed by atoms with Crippen LogP contribution in [0, 0.1) is 17.9 Å². The summed E-state index contributed by atoms with van der Waals surface area (Å²) in [5.74, 6) is -2.96. The average molecular weight is 535 g/mol. The van der Waals surface area contributed by atoms with Crippen LogP contribution in [-0.4, -0.2) is 83.5 Å². The molecule has 2 N–H and O–H groups in total. The van der Waals surface area contributed by atoms with E-state index in [2.05, 4.69) is 29.4 Å². The molecular formula is C27H40N3O8+. The average Bonchev–Trinajstić information content (AvgIpc) is 3.41. The minimum Gasteiger partial charge on any atom is -0.464 e. The number of nitrogens with zero attached hydrogens (tertiary/aromatic N) is 2. The molecule has 5 atom stereocenters. The van der Waals surface area contributed by atoms with E-state index in [4.69, 9.17) is 14.2 Å². The van der Waals surface area contributed by atoms with Crippen LogP contribution in [0.3, 0.4) is 0 Å². The fraction of sp³-hybridized carbons (Fsp3) is 0.667. The third-order valence-corrected chi connectivity index (χ3v) is 6.17. The van der Waals surface area contributed by atoms with Crippen molar-refractivity contribution in [2.75, 3.05) is 26.4 Å². The predicted molar refractivity (Wildman–Crippen MR) is 139 cm³/mol. The number of carbonyl (C=O) groups excluding carboxylic acids is 4. The lowest BCUT2D eigenvalue weighted by Crippen LogP contribution is -2.54. The highest BCUT2D eigenvalue weighted by molar-refractivity contribution is 5.96. The normalized spacial score (nSPS) is 24.9. The Morgan fingerprint density at radius 3 is 2.58 bits per heavy atom. The van der Waals surface area contributed by atoms with Crippen molar-refractivity contribution in [3.05, 3.63) is 30.2 Å². The molecule has 0 aromatic rings. The first kappa shape index (κ1) is 31.0. The Bertz CT molecular complexity index is 979. The second-order valence-corrected chi connectivity index (χ2v) is 10.4. The summed E-state index contributed by atoms with van der Waals surface area (Å²) in [4.78, 5) is 56.5. The van der Waals surface area contributed by atoms with Gasteiger partial charge in [-0.2, -0.15) is 4.79 Å². The van der Waals surface area contributed by atoms with Gasteiger partial charge in [-0.25, -0.2) is 4.79 Å². The molecule has 0 bridgehead atoms. The Kier molecular flexibility index (Phi) is 11.0. The summed E-state index contributed by atoms with van der Waals surface area (Å²) in [6, 6.07) is 1.55. The first-order valence-corrected chi connectivity index (χ1v) is 12.9. The minimum absolute atomic E-state index is 0.00634. The number of hydrogen-bond donors (Lipinski definition) is 2. The third-order valence-electron chi connectivity index (χ3n) is 6.17. The van der Waals surface area contributed by atoms with Gasteiger partial charge in [0.1, 0.15) is 17.2 Å². The highest BCUT2D eigenvalue weighted by Crippen LogP contribution is 2.45. The zero-order chi connectivity index (χ0) is 28.5. The lowest BCUT2D eigenvalue weighted by atomic mass is 10.0. The quantitative estimate of drug-likeness (QED) is 0.221. The van der Waals surface area contributed by atoms with E-state index in [1.54, 1.807) is 39.8 Å². The molecule has 1 aliphatic carbocycles. The van der Waals surface area contributed by atoms with Crippen molar-refractivity contribution in [1.29, 1.82) is 0 Å². The van der Waals surface area contributed by atoms with Crippen LogP contribution in [0.5, 0.6) is 0 Å². The number of hydrogen-bond acceptors (Lipinski definition) is 8. The summed E-state index contributed by atoms with van der Waals surface area (Å²) in [6.07, 6.45) is 2.36. The van der Waals surface area contributed by atoms with Crippen molar-refractivity contribution < 1.29 is 38.5 Å². The molecule has 1 heterocycles. The molecule has 2 fully saturated rings. The number of rotatable bonds is 12. The van der Waals surface area contributed by atoms with E-state index in [1.165, 1.54) is 4.90 Å². The van der Waals surface area contributed by atoms with Crippen LogP contribution in [0.4, 0.5) is 4.79 Å². The molecule has 1 saturated carbocycles. The standard InChI is InChI=1S/C27H39N3O8/c1-7-12-36-13-10-11-18(16-28-25(35)38-26(4,5)6)23(33)30-17-20(31)14-21(30)22(32)29-27(15-19(27)8-2)24(34)37-9-3/h7-8,18-21,31H,1-2,9-15,17H2,3-6H3/p+1/t18?,19-,20-,21+,27-/m1/s1. The molecule has 0 aromatic heterocycles. The Balaban J connectivity index is 2.21. The van der Waals surface area contributed by atoms with E-state index in [-0.39, 0.29) is 31.9 Å². The van der Waals surface area contributed by atoms with Gasteiger partial charge in [0.2, 0.25) is 11.8 Å². The molecule has 0 spiro atoms. The third kappa shape index (κ3) is 8.39. The summed E-state index contributed by atoms with van der Waals surface area (Å²) in [7, 11) is 0. The first-order valence-electron chi connectivity index (χ1n) is 12.9. The summed E-state index contributed by atoms with van der Waals surface area (Å²) < 4.78 is 15.7. The van der Waals surface area contributed by atoms with Gasteiger partial charge < -0.3 is 29.5 Å². The minimum atomic E-state index is -1.23. The number of β-amino-alcohol motifs (C(OH)–C–C–N with tert-alkyl or cyclic N) is 1. The van der Waals surface area contributed by atoms with Crippen molar-refractivity contribution in [3.63, 3.8) is 0 Å². The zero-order valence-electron chi connectivity index (χ0n) is 22.7. The maximum atomic E-state index is 13.6. The molecule has 11 heteroatoms. The molecule has 1 saturated heterocycles. The Morgan fingerprint density at radius 2 is 2.00 bits per heavy atom. The fourth-order valence-electron chi connectivity index (χ4n) is 4.29. The van der Waals surface area contributed by atoms with Crippen LogP contribution in [0.2, 0.25) is 0 Å². The van der Waals surface area contributed by atoms with E-state index >= 15 is 0 Å². The molecule has 0 aromatic carbocycles. The molecular weight excluding hydrogens is 494 g/mol. The van der Waals surface area contributed by atoms with E-state index in [9.17, 15) is 24.3 Å². The van der Waals surface area contributed by atoms with E-state index in [1.807, 2.05) is 0 Å². The van der Waals surface area contributed by atoms with Crippen molar-refractivity contribution >= 4 is 23.9 Å². The summed E-state index contributed by atoms with van der Waals surface area (Å²) in [5, 5.41) is 13.1. The number of carbonyl (C=O) groups is 4. The van der Waals surface area contributed by atoms with E-state index < -0.39 is 53.1 Å². The Morgan fingerprint density at radius 1 is 1.29 bits per heavy atom. The largest absolute Gasteiger partial charge is 0.728 e. The van der Waals surface area contributed by atoms with Gasteiger partial charge in [-0.15, -0.1) is 13.2 Å². The van der Waals surface area contributed by atoms with Crippen LogP contribution in [0.15, 0.2) is 25.3 Å². The Hall–Kier alpha value is -3.23. The second kappa shape index (κ2) is 13.5. The van der Waals surface area contributed by atoms with Crippen LogP contribution < -0.4 is 5.32 Å². The zero-order valence-corrected chi connectivity index (χ0v) is 22.7. The lowest BCUT2D eigenvalue weighted by Gasteiger charge is -2.27. The molecule has 2 aliphatic rings. The van der Waals surface area contributed by atoms with Gasteiger partial charge in [-0.3, -0.25) is 9.59 Å². The van der Waals surface area contributed by atoms with E-state index in [0.29, 0.717) is 26.1 Å². The molecule has 210 valence electrons. The fourth-order valence-corrected chi connectivity index (χ4v) is 4.29. The monoisotopic (exact) mass is 534 g/mol. The Labute approximate surface area is 224 Å². The maximum absolute atomic E-state index is 13.6. The van der Waals surface area contributed by atoms with E-state index in [0.717, 1.165) is 0 Å². The van der Waals surface area contributed by atoms with Crippen LogP contribution in [-0.2, 0) is 28.6 Å². The van der Waals surface area contributed by atoms with Gasteiger partial charge in [0.05, 0.1) is 24.2 Å². The molecule has 2 rings (SSSR count). The topological polar surface area (TPSA) is 136 Å². The lowest BCUT2D eigenvalue weighted by molar-refractivity contribution is -0.150. The van der Waals surface area contributed by atoms with Crippen molar-refractivity contribution in [2.45, 2.75) is 76.7 Å². The maximum Gasteiger partial charge on any atom is 0.728 e. The molecule has 1 aliphatic heterocycles. The first-order chi connectivity index (χ1) is 17.9. The number of aliphatic hydroxyl groups excluding tert-OH is 1. The number of aliphatic hydroxyl groups is 1. The smallest absolute Gasteiger partial charge is 0.464 e. The molecule has 3 amide bonds. The van der Waals surface area contributed by atoms with Crippen molar-refractivity contribution in [3.8, 4) is 6.07 Å². The van der Waals surface area contributed by atoms with Crippen LogP contribution in [0.1, 0.15) is 53.4 Å². The number of amides is 3. The molecule has 11 nitrogen and oxygen atoms in total. The number of ether oxygens (including phenoxy) is 3. The molecule has 38 heavy (non-hydrogen) atoms. The summed E-state index contributed by atoms with van der Waals surface area (Å²) in [6.45, 7) is 14.8. The van der Waals surface area contributed by atoms with Gasteiger partial charge in [-0.1, -0.05) is 12.2 Å². The number of likely N-dealkylation sites (tertiary alicyclic amines) is 1. The highest BCUT2D eigenvalue weighted by atomic mass is 16.6. The SMILES string of the molecule is C=CCOCCCC(C#[N+]C(=O)OC(C)(C)C)C(=O)N1C[C@H](O)C[C@H]1C(=O)N[C@]1(C(=O)OCC)C[C@H]1C=C. The van der Waals surface area contributed by atoms with Gasteiger partial charge in [0.15, 0.2) is 5.92 Å². The van der Waals surface area contributed by atoms with Gasteiger partial charge >= 0.3 is 18.1 Å². The molecule has 0 radical (unpaired) electrons. The highest BCUT2D eigenvalue weighted by Gasteiger charge is 2.62. The van der Waals surface area contributed by atoms with Crippen LogP contribution in [0.25, 0.3) is 4.85 Å². The summed E-state index contributed by atoms with van der Waals surface area (Å²) >= 11 is 0. The molecule has 1 unspecified atom stereocenters. The number of nitrogens with one attached hydrogen (secondary N) is 1. The van der Waals surface area contributed by atoms with Crippen molar-refractivity contribution in [1.82, 2.24) is 10.2 Å². The van der Waals surface area contributed by atoms with Gasteiger partial charge in [0, 0.05) is 25.5 Å². The second-order valence-electron chi connectivity index (χ2n) is 10.4. The number of esters is 1.